The van der Waals surface area contributed by atoms with Crippen LogP contribution in [0.2, 0.25) is 0 Å². The number of hydrogen-bond donors (Lipinski definition) is 0. The predicted molar refractivity (Wildman–Crippen MR) is 108 cm³/mol. The van der Waals surface area contributed by atoms with E-state index in [1.807, 2.05) is 13.8 Å². The summed E-state index contributed by atoms with van der Waals surface area (Å²) in [6.07, 6.45) is -2.79. The van der Waals surface area contributed by atoms with Gasteiger partial charge in [-0.1, -0.05) is 20.8 Å². The van der Waals surface area contributed by atoms with Crippen molar-refractivity contribution in [3.63, 3.8) is 0 Å². The summed E-state index contributed by atoms with van der Waals surface area (Å²) < 4.78 is 43.2. The number of halogens is 3. The largest absolute Gasteiger partial charge is 0.433 e. The number of carbonyl (C=O) groups excluding carboxylic acids is 1. The Morgan fingerprint density at radius 1 is 1.23 bits per heavy atom. The molecule has 0 N–H and O–H groups in total. The third kappa shape index (κ3) is 3.79. The van der Waals surface area contributed by atoms with Gasteiger partial charge in [0.2, 0.25) is 0 Å². The molecule has 7 nitrogen and oxygen atoms in total. The molecule has 0 saturated carbocycles. The molecule has 1 amide bonds. The minimum atomic E-state index is -4.55. The monoisotopic (exact) mass is 434 g/mol. The zero-order valence-electron chi connectivity index (χ0n) is 17.9. The maximum atomic E-state index is 13.6. The van der Waals surface area contributed by atoms with E-state index in [1.54, 1.807) is 35.7 Å². The van der Waals surface area contributed by atoms with Gasteiger partial charge in [0.15, 0.2) is 5.65 Å². The third-order valence-electron chi connectivity index (χ3n) is 5.72. The molecule has 0 aromatic carbocycles. The Hall–Kier alpha value is -2.91. The Morgan fingerprint density at radius 3 is 2.58 bits per heavy atom. The van der Waals surface area contributed by atoms with Crippen LogP contribution in [0.1, 0.15) is 78.8 Å². The number of fused-ring (bicyclic) bond motifs is 1. The highest BCUT2D eigenvalue weighted by atomic mass is 19.4. The first-order valence-electron chi connectivity index (χ1n) is 10.4. The molecule has 0 radical (unpaired) electrons. The van der Waals surface area contributed by atoms with Crippen molar-refractivity contribution in [2.24, 2.45) is 7.05 Å². The second-order valence-corrected chi connectivity index (χ2v) is 8.21. The Balaban J connectivity index is 1.73. The first-order valence-corrected chi connectivity index (χ1v) is 10.4. The molecule has 1 aliphatic heterocycles. The number of hydrogen-bond acceptors (Lipinski definition) is 4. The Labute approximate surface area is 177 Å². The topological polar surface area (TPSA) is 68.3 Å². The van der Waals surface area contributed by atoms with Gasteiger partial charge in [-0.2, -0.15) is 23.4 Å². The van der Waals surface area contributed by atoms with Crippen LogP contribution in [0.15, 0.2) is 18.2 Å². The van der Waals surface area contributed by atoms with Gasteiger partial charge in [0.25, 0.3) is 5.91 Å². The number of alkyl halides is 3. The molecular weight excluding hydrogens is 409 g/mol. The number of aryl methyl sites for hydroxylation is 2. The van der Waals surface area contributed by atoms with E-state index in [1.165, 1.54) is 0 Å². The lowest BCUT2D eigenvalue weighted by molar-refractivity contribution is -0.142. The summed E-state index contributed by atoms with van der Waals surface area (Å²) in [4.78, 5) is 19.2. The van der Waals surface area contributed by atoms with Gasteiger partial charge in [0.1, 0.15) is 11.4 Å². The molecule has 166 valence electrons. The first kappa shape index (κ1) is 21.3. The number of aromatic nitrogens is 5. The highest BCUT2D eigenvalue weighted by Gasteiger charge is 2.37. The molecule has 3 aromatic heterocycles. The van der Waals surface area contributed by atoms with E-state index in [0.717, 1.165) is 22.7 Å². The van der Waals surface area contributed by atoms with Gasteiger partial charge in [-0.3, -0.25) is 9.48 Å². The zero-order valence-corrected chi connectivity index (χ0v) is 17.9. The summed E-state index contributed by atoms with van der Waals surface area (Å²) in [7, 11) is 1.72. The second kappa shape index (κ2) is 7.65. The van der Waals surface area contributed by atoms with Crippen molar-refractivity contribution < 1.29 is 18.0 Å². The van der Waals surface area contributed by atoms with E-state index in [4.69, 9.17) is 0 Å². The molecule has 4 heterocycles. The highest BCUT2D eigenvalue weighted by Crippen LogP contribution is 2.35. The molecule has 4 rings (SSSR count). The van der Waals surface area contributed by atoms with Crippen LogP contribution in [0.5, 0.6) is 0 Å². The molecule has 3 aromatic rings. The van der Waals surface area contributed by atoms with Crippen LogP contribution < -0.4 is 0 Å². The lowest BCUT2D eigenvalue weighted by Crippen LogP contribution is -2.32. The van der Waals surface area contributed by atoms with Crippen LogP contribution in [0.25, 0.3) is 5.65 Å². The van der Waals surface area contributed by atoms with E-state index >= 15 is 0 Å². The minimum absolute atomic E-state index is 0.142. The van der Waals surface area contributed by atoms with Crippen molar-refractivity contribution >= 4 is 11.6 Å². The number of rotatable bonds is 4. The standard InChI is InChI=1S/C21H25F3N6O/c1-5-13-9-18(21(22,23)24)30-19(25-13)11-15(27-30)16-7-6-8-29(16)20(31)17-10-14(12(2)3)26-28(17)4/h9-12,16H,5-8H2,1-4H3/t16-/m0/s1. The van der Waals surface area contributed by atoms with Crippen molar-refractivity contribution in [1.29, 1.82) is 0 Å². The van der Waals surface area contributed by atoms with Crippen LogP contribution in [0.4, 0.5) is 13.2 Å². The zero-order chi connectivity index (χ0) is 22.5. The number of likely N-dealkylation sites (tertiary alicyclic amines) is 1. The summed E-state index contributed by atoms with van der Waals surface area (Å²) >= 11 is 0. The average molecular weight is 434 g/mol. The van der Waals surface area contributed by atoms with Crippen LogP contribution in [0.3, 0.4) is 0 Å². The predicted octanol–water partition coefficient (Wildman–Crippen LogP) is 4.14. The van der Waals surface area contributed by atoms with Gasteiger partial charge in [-0.15, -0.1) is 0 Å². The SMILES string of the molecule is CCc1cc(C(F)(F)F)n2nc([C@@H]3CCCN3C(=O)c3cc(C(C)C)nn3C)cc2n1. The molecule has 1 atom stereocenters. The summed E-state index contributed by atoms with van der Waals surface area (Å²) in [5.74, 6) is -0.0140. The molecule has 31 heavy (non-hydrogen) atoms. The second-order valence-electron chi connectivity index (χ2n) is 8.21. The smallest absolute Gasteiger partial charge is 0.329 e. The summed E-state index contributed by atoms with van der Waals surface area (Å²) in [6.45, 7) is 6.27. The quantitative estimate of drug-likeness (QED) is 0.619. The molecule has 0 aliphatic carbocycles. The molecular formula is C21H25F3N6O. The first-order chi connectivity index (χ1) is 14.6. The normalized spacial score (nSPS) is 17.3. The summed E-state index contributed by atoms with van der Waals surface area (Å²) in [5, 5.41) is 8.64. The van der Waals surface area contributed by atoms with E-state index < -0.39 is 17.9 Å². The van der Waals surface area contributed by atoms with Crippen LogP contribution in [-0.2, 0) is 19.6 Å². The molecule has 0 unspecified atom stereocenters. The molecule has 1 aliphatic rings. The van der Waals surface area contributed by atoms with Crippen molar-refractivity contribution in [3.05, 3.63) is 46.7 Å². The molecule has 0 bridgehead atoms. The summed E-state index contributed by atoms with van der Waals surface area (Å²) in [5.41, 5.74) is 1.33. The summed E-state index contributed by atoms with van der Waals surface area (Å²) in [6, 6.07) is 3.97. The third-order valence-corrected chi connectivity index (χ3v) is 5.72. The lowest BCUT2D eigenvalue weighted by Gasteiger charge is -2.23. The average Bonchev–Trinajstić information content (AvgIpc) is 3.42. The number of carbonyl (C=O) groups is 1. The maximum absolute atomic E-state index is 13.6. The highest BCUT2D eigenvalue weighted by molar-refractivity contribution is 5.93. The molecule has 0 spiro atoms. The minimum Gasteiger partial charge on any atom is -0.329 e. The van der Waals surface area contributed by atoms with Crippen LogP contribution in [-0.4, -0.2) is 41.7 Å². The Kier molecular flexibility index (Phi) is 5.26. The van der Waals surface area contributed by atoms with E-state index in [9.17, 15) is 18.0 Å². The Bertz CT molecular complexity index is 1130. The van der Waals surface area contributed by atoms with Crippen LogP contribution >= 0.6 is 0 Å². The van der Waals surface area contributed by atoms with Gasteiger partial charge >= 0.3 is 6.18 Å². The molecule has 1 saturated heterocycles. The van der Waals surface area contributed by atoms with Crippen molar-refractivity contribution in [1.82, 2.24) is 29.3 Å². The fourth-order valence-electron chi connectivity index (χ4n) is 4.03. The number of amides is 1. The fraction of sp³-hybridized carbons (Fsp3) is 0.524. The van der Waals surface area contributed by atoms with Gasteiger partial charge in [0, 0.05) is 25.4 Å². The van der Waals surface area contributed by atoms with Crippen molar-refractivity contribution in [3.8, 4) is 0 Å². The van der Waals surface area contributed by atoms with E-state index in [-0.39, 0.29) is 17.5 Å². The van der Waals surface area contributed by atoms with Gasteiger partial charge in [0.05, 0.1) is 17.4 Å². The van der Waals surface area contributed by atoms with E-state index in [0.29, 0.717) is 36.5 Å². The van der Waals surface area contributed by atoms with Gasteiger partial charge in [-0.25, -0.2) is 9.50 Å². The van der Waals surface area contributed by atoms with Crippen molar-refractivity contribution in [2.45, 2.75) is 58.2 Å². The Morgan fingerprint density at radius 2 is 1.97 bits per heavy atom. The van der Waals surface area contributed by atoms with Crippen LogP contribution in [0, 0.1) is 0 Å². The maximum Gasteiger partial charge on any atom is 0.433 e. The van der Waals surface area contributed by atoms with E-state index in [2.05, 4.69) is 15.2 Å². The van der Waals surface area contributed by atoms with Gasteiger partial charge < -0.3 is 4.90 Å². The lowest BCUT2D eigenvalue weighted by atomic mass is 10.1. The van der Waals surface area contributed by atoms with Gasteiger partial charge in [-0.05, 0) is 37.3 Å². The molecule has 1 fully saturated rings. The number of nitrogens with zero attached hydrogens (tertiary/aromatic N) is 6. The fourth-order valence-corrected chi connectivity index (χ4v) is 4.03. The van der Waals surface area contributed by atoms with Crippen molar-refractivity contribution in [2.75, 3.05) is 6.54 Å². The molecule has 10 heteroatoms.